The van der Waals surface area contributed by atoms with Crippen LogP contribution in [-0.2, 0) is 6.42 Å². The average Bonchev–Trinajstić information content (AvgIpc) is 2.68. The Morgan fingerprint density at radius 2 is 2.06 bits per heavy atom. The number of benzene rings is 1. The van der Waals surface area contributed by atoms with Crippen molar-refractivity contribution in [3.63, 3.8) is 0 Å². The normalized spacial score (nSPS) is 10.4. The van der Waals surface area contributed by atoms with Crippen molar-refractivity contribution in [1.82, 2.24) is 4.98 Å². The van der Waals surface area contributed by atoms with Crippen LogP contribution in [0.1, 0.15) is 20.2 Å². The molecule has 0 unspecified atom stereocenters. The monoisotopic (exact) mass is 251 g/mol. The van der Waals surface area contributed by atoms with Crippen molar-refractivity contribution in [2.45, 2.75) is 13.3 Å². The average molecular weight is 252 g/mol. The van der Waals surface area contributed by atoms with E-state index in [0.717, 1.165) is 10.6 Å². The van der Waals surface area contributed by atoms with Gasteiger partial charge in [0.25, 0.3) is 0 Å². The summed E-state index contributed by atoms with van der Waals surface area (Å²) < 4.78 is 0. The highest BCUT2D eigenvalue weighted by molar-refractivity contribution is 7.13. The second-order valence-corrected chi connectivity index (χ2v) is 5.14. The first-order valence-corrected chi connectivity index (χ1v) is 6.04. The summed E-state index contributed by atoms with van der Waals surface area (Å²) in [6, 6.07) is 7.33. The molecular formula is C12H10ClNOS. The Labute approximate surface area is 103 Å². The van der Waals surface area contributed by atoms with Crippen molar-refractivity contribution < 1.29 is 4.79 Å². The lowest BCUT2D eigenvalue weighted by Crippen LogP contribution is -2.00. The number of Topliss-reactive ketones (excluding diaryl/α,β-unsaturated/α-hetero) is 1. The number of nitrogens with zero attached hydrogens (tertiary/aromatic N) is 1. The minimum atomic E-state index is 0.105. The molecule has 0 saturated heterocycles. The molecule has 4 heteroatoms. The lowest BCUT2D eigenvalue weighted by molar-refractivity contribution is 0.0996. The van der Waals surface area contributed by atoms with Gasteiger partial charge < -0.3 is 0 Å². The van der Waals surface area contributed by atoms with Gasteiger partial charge in [-0.15, -0.1) is 11.3 Å². The third-order valence-electron chi connectivity index (χ3n) is 2.17. The van der Waals surface area contributed by atoms with Gasteiger partial charge in [0.1, 0.15) is 0 Å². The minimum absolute atomic E-state index is 0.105. The fourth-order valence-electron chi connectivity index (χ4n) is 1.37. The van der Waals surface area contributed by atoms with Gasteiger partial charge in [0.05, 0.1) is 9.88 Å². The molecule has 1 heterocycles. The second-order valence-electron chi connectivity index (χ2n) is 3.47. The number of thiazole rings is 1. The molecule has 16 heavy (non-hydrogen) atoms. The van der Waals surface area contributed by atoms with E-state index in [4.69, 9.17) is 11.6 Å². The van der Waals surface area contributed by atoms with E-state index >= 15 is 0 Å². The number of hydrogen-bond donors (Lipinski definition) is 0. The maximum absolute atomic E-state index is 11.8. The molecule has 0 aliphatic carbocycles. The van der Waals surface area contributed by atoms with Crippen LogP contribution in [0.5, 0.6) is 0 Å². The number of halogens is 1. The molecule has 0 atom stereocenters. The molecule has 0 saturated carbocycles. The zero-order valence-electron chi connectivity index (χ0n) is 8.74. The van der Waals surface area contributed by atoms with E-state index in [1.807, 2.05) is 19.1 Å². The molecule has 2 aromatic rings. The molecular weight excluding hydrogens is 242 g/mol. The first-order valence-electron chi connectivity index (χ1n) is 4.85. The Kier molecular flexibility index (Phi) is 3.36. The first-order chi connectivity index (χ1) is 7.65. The van der Waals surface area contributed by atoms with Crippen LogP contribution >= 0.6 is 22.9 Å². The second kappa shape index (κ2) is 4.76. The Hall–Kier alpha value is -1.19. The predicted octanol–water partition coefficient (Wildman–Crippen LogP) is 3.53. The van der Waals surface area contributed by atoms with Crippen molar-refractivity contribution in [3.05, 3.63) is 50.9 Å². The highest BCUT2D eigenvalue weighted by Crippen LogP contribution is 2.16. The molecule has 0 amide bonds. The number of aryl methyl sites for hydroxylation is 1. The largest absolute Gasteiger partial charge is 0.293 e. The van der Waals surface area contributed by atoms with Gasteiger partial charge in [-0.1, -0.05) is 23.7 Å². The van der Waals surface area contributed by atoms with Crippen molar-refractivity contribution >= 4 is 28.7 Å². The van der Waals surface area contributed by atoms with Crippen LogP contribution in [-0.4, -0.2) is 10.8 Å². The van der Waals surface area contributed by atoms with Crippen LogP contribution in [0.25, 0.3) is 0 Å². The van der Waals surface area contributed by atoms with E-state index in [2.05, 4.69) is 4.98 Å². The predicted molar refractivity (Wildman–Crippen MR) is 66.3 cm³/mol. The summed E-state index contributed by atoms with van der Waals surface area (Å²) in [5, 5.41) is 1.60. The maximum Gasteiger partial charge on any atom is 0.178 e. The third-order valence-corrected chi connectivity index (χ3v) is 3.38. The number of hydrogen-bond acceptors (Lipinski definition) is 3. The van der Waals surface area contributed by atoms with Crippen LogP contribution in [0.2, 0.25) is 5.02 Å². The number of carbonyl (C=O) groups excluding carboxylic acids is 1. The van der Waals surface area contributed by atoms with Gasteiger partial charge in [0, 0.05) is 17.6 Å². The number of rotatable bonds is 3. The fraction of sp³-hybridized carbons (Fsp3) is 0.167. The van der Waals surface area contributed by atoms with Gasteiger partial charge in [-0.2, -0.15) is 0 Å². The SMILES string of the molecule is Cc1ncc(C(=O)Cc2ccc(Cl)cc2)s1. The van der Waals surface area contributed by atoms with E-state index in [-0.39, 0.29) is 5.78 Å². The lowest BCUT2D eigenvalue weighted by Gasteiger charge is -1.98. The van der Waals surface area contributed by atoms with Crippen molar-refractivity contribution in [3.8, 4) is 0 Å². The standard InChI is InChI=1S/C12H10ClNOS/c1-8-14-7-12(16-8)11(15)6-9-2-4-10(13)5-3-9/h2-5,7H,6H2,1H3. The number of carbonyl (C=O) groups is 1. The topological polar surface area (TPSA) is 30.0 Å². The van der Waals surface area contributed by atoms with E-state index < -0.39 is 0 Å². The molecule has 0 spiro atoms. The molecule has 2 nitrogen and oxygen atoms in total. The summed E-state index contributed by atoms with van der Waals surface area (Å²) in [5.74, 6) is 0.105. The summed E-state index contributed by atoms with van der Waals surface area (Å²) in [4.78, 5) is 16.6. The van der Waals surface area contributed by atoms with Gasteiger partial charge in [0.15, 0.2) is 5.78 Å². The molecule has 0 bridgehead atoms. The molecule has 82 valence electrons. The molecule has 0 radical (unpaired) electrons. The van der Waals surface area contributed by atoms with Gasteiger partial charge in [-0.3, -0.25) is 4.79 Å². The molecule has 2 rings (SSSR count). The quantitative estimate of drug-likeness (QED) is 0.781. The molecule has 0 N–H and O–H groups in total. The fourth-order valence-corrected chi connectivity index (χ4v) is 2.21. The Morgan fingerprint density at radius 1 is 1.38 bits per heavy atom. The van der Waals surface area contributed by atoms with E-state index in [1.54, 1.807) is 18.3 Å². The highest BCUT2D eigenvalue weighted by atomic mass is 35.5. The van der Waals surface area contributed by atoms with Crippen LogP contribution < -0.4 is 0 Å². The summed E-state index contributed by atoms with van der Waals surface area (Å²) in [5.41, 5.74) is 0.973. The van der Waals surface area contributed by atoms with Crippen LogP contribution in [0.15, 0.2) is 30.5 Å². The number of ketones is 1. The molecule has 1 aromatic heterocycles. The van der Waals surface area contributed by atoms with Crippen LogP contribution in [0.4, 0.5) is 0 Å². The van der Waals surface area contributed by atoms with E-state index in [0.29, 0.717) is 16.3 Å². The minimum Gasteiger partial charge on any atom is -0.293 e. The molecule has 0 aliphatic rings. The van der Waals surface area contributed by atoms with E-state index in [1.165, 1.54) is 11.3 Å². The molecule has 0 aliphatic heterocycles. The maximum atomic E-state index is 11.8. The molecule has 0 fully saturated rings. The van der Waals surface area contributed by atoms with Crippen molar-refractivity contribution in [2.24, 2.45) is 0 Å². The van der Waals surface area contributed by atoms with Crippen LogP contribution in [0, 0.1) is 6.92 Å². The molecule has 1 aromatic carbocycles. The van der Waals surface area contributed by atoms with Crippen molar-refractivity contribution in [1.29, 1.82) is 0 Å². The summed E-state index contributed by atoms with van der Waals surface area (Å²) in [6.45, 7) is 1.89. The first kappa shape index (κ1) is 11.3. The Morgan fingerprint density at radius 3 is 2.62 bits per heavy atom. The zero-order chi connectivity index (χ0) is 11.5. The summed E-state index contributed by atoms with van der Waals surface area (Å²) >= 11 is 7.21. The smallest absolute Gasteiger partial charge is 0.178 e. The van der Waals surface area contributed by atoms with Gasteiger partial charge in [-0.25, -0.2) is 4.98 Å². The number of aromatic nitrogens is 1. The zero-order valence-corrected chi connectivity index (χ0v) is 10.3. The van der Waals surface area contributed by atoms with Gasteiger partial charge in [-0.05, 0) is 24.6 Å². The van der Waals surface area contributed by atoms with Gasteiger partial charge >= 0.3 is 0 Å². The van der Waals surface area contributed by atoms with Crippen LogP contribution in [0.3, 0.4) is 0 Å². The van der Waals surface area contributed by atoms with E-state index in [9.17, 15) is 4.79 Å². The third kappa shape index (κ3) is 2.68. The highest BCUT2D eigenvalue weighted by Gasteiger charge is 2.09. The Balaban J connectivity index is 2.10. The summed E-state index contributed by atoms with van der Waals surface area (Å²) in [7, 11) is 0. The summed E-state index contributed by atoms with van der Waals surface area (Å²) in [6.07, 6.45) is 2.04. The Bertz CT molecular complexity index is 504. The lowest BCUT2D eigenvalue weighted by atomic mass is 10.1. The van der Waals surface area contributed by atoms with Gasteiger partial charge in [0.2, 0.25) is 0 Å². The van der Waals surface area contributed by atoms with Crippen molar-refractivity contribution in [2.75, 3.05) is 0 Å².